The van der Waals surface area contributed by atoms with Crippen molar-refractivity contribution in [2.24, 2.45) is 0 Å². The first-order valence-electron chi connectivity index (χ1n) is 8.50. The van der Waals surface area contributed by atoms with Crippen LogP contribution in [0, 0.1) is 0 Å². The van der Waals surface area contributed by atoms with Gasteiger partial charge in [-0.25, -0.2) is 8.42 Å². The number of sulfonamides is 1. The van der Waals surface area contributed by atoms with Crippen molar-refractivity contribution in [3.8, 4) is 0 Å². The Morgan fingerprint density at radius 1 is 1.27 bits per heavy atom. The molecule has 1 unspecified atom stereocenters. The third kappa shape index (κ3) is 4.46. The first-order chi connectivity index (χ1) is 12.4. The van der Waals surface area contributed by atoms with Gasteiger partial charge in [-0.05, 0) is 49.6 Å². The van der Waals surface area contributed by atoms with Crippen molar-refractivity contribution >= 4 is 38.9 Å². The second-order valence-electron chi connectivity index (χ2n) is 6.35. The summed E-state index contributed by atoms with van der Waals surface area (Å²) in [6.45, 7) is 3.04. The molecule has 0 radical (unpaired) electrons. The standard InChI is InChI=1S/C18H21ClN2O3S2/c1-13(14-5-4-6-15(19)11-14)20-17(22)12-16-7-8-18(25-16)26(23,24)21-9-2-3-10-21/h4-8,11,13H,2-3,9-10,12H2,1H3,(H,20,22). The van der Waals surface area contributed by atoms with Gasteiger partial charge in [0, 0.05) is 23.0 Å². The van der Waals surface area contributed by atoms with E-state index in [1.807, 2.05) is 25.1 Å². The van der Waals surface area contributed by atoms with Gasteiger partial charge in [-0.2, -0.15) is 4.31 Å². The highest BCUT2D eigenvalue weighted by atomic mass is 35.5. The quantitative estimate of drug-likeness (QED) is 0.788. The second-order valence-corrected chi connectivity index (χ2v) is 10.1. The van der Waals surface area contributed by atoms with Crippen molar-refractivity contribution in [3.63, 3.8) is 0 Å². The normalized spacial score (nSPS) is 16.5. The lowest BCUT2D eigenvalue weighted by atomic mass is 10.1. The van der Waals surface area contributed by atoms with Crippen molar-refractivity contribution in [1.82, 2.24) is 9.62 Å². The Kier molecular flexibility index (Phi) is 6.02. The Morgan fingerprint density at radius 3 is 2.69 bits per heavy atom. The zero-order valence-electron chi connectivity index (χ0n) is 14.4. The molecule has 0 saturated carbocycles. The van der Waals surface area contributed by atoms with Crippen molar-refractivity contribution in [2.45, 2.75) is 36.4 Å². The number of hydrogen-bond donors (Lipinski definition) is 1. The summed E-state index contributed by atoms with van der Waals surface area (Å²) in [4.78, 5) is 13.0. The largest absolute Gasteiger partial charge is 0.349 e. The third-order valence-corrected chi connectivity index (χ3v) is 8.04. The van der Waals surface area contributed by atoms with E-state index in [1.165, 1.54) is 15.6 Å². The summed E-state index contributed by atoms with van der Waals surface area (Å²) in [7, 11) is -3.42. The van der Waals surface area contributed by atoms with Crippen molar-refractivity contribution in [2.75, 3.05) is 13.1 Å². The third-order valence-electron chi connectivity index (χ3n) is 4.36. The minimum absolute atomic E-state index is 0.149. The van der Waals surface area contributed by atoms with E-state index in [0.717, 1.165) is 23.3 Å². The van der Waals surface area contributed by atoms with Crippen LogP contribution in [0.5, 0.6) is 0 Å². The van der Waals surface area contributed by atoms with Crippen LogP contribution in [0.1, 0.15) is 36.2 Å². The number of hydrogen-bond acceptors (Lipinski definition) is 4. The maximum atomic E-state index is 12.6. The molecule has 140 valence electrons. The number of carbonyl (C=O) groups is 1. The summed E-state index contributed by atoms with van der Waals surface area (Å²) in [5, 5.41) is 3.55. The molecule has 26 heavy (non-hydrogen) atoms. The van der Waals surface area contributed by atoms with Crippen LogP contribution >= 0.6 is 22.9 Å². The lowest BCUT2D eigenvalue weighted by Crippen LogP contribution is -2.28. The summed E-state index contributed by atoms with van der Waals surface area (Å²) in [6, 6.07) is 10.5. The second kappa shape index (κ2) is 8.08. The monoisotopic (exact) mass is 412 g/mol. The van der Waals surface area contributed by atoms with E-state index in [0.29, 0.717) is 22.3 Å². The lowest BCUT2D eigenvalue weighted by molar-refractivity contribution is -0.121. The molecule has 1 aliphatic rings. The molecule has 0 bridgehead atoms. The Labute approximate surface area is 163 Å². The highest BCUT2D eigenvalue weighted by molar-refractivity contribution is 7.91. The number of thiophene rings is 1. The molecule has 1 aromatic carbocycles. The van der Waals surface area contributed by atoms with Crippen molar-refractivity contribution in [3.05, 3.63) is 51.9 Å². The number of nitrogens with zero attached hydrogens (tertiary/aromatic N) is 1. The molecule has 1 aliphatic heterocycles. The summed E-state index contributed by atoms with van der Waals surface area (Å²) in [5.41, 5.74) is 0.925. The lowest BCUT2D eigenvalue weighted by Gasteiger charge is -2.14. The van der Waals surface area contributed by atoms with Crippen LogP contribution in [0.4, 0.5) is 0 Å². The van der Waals surface area contributed by atoms with Gasteiger partial charge in [-0.3, -0.25) is 4.79 Å². The predicted octanol–water partition coefficient (Wildman–Crippen LogP) is 3.61. The molecule has 3 rings (SSSR count). The number of rotatable bonds is 6. The molecular weight excluding hydrogens is 392 g/mol. The van der Waals surface area contributed by atoms with Gasteiger partial charge in [0.05, 0.1) is 12.5 Å². The van der Waals surface area contributed by atoms with Gasteiger partial charge < -0.3 is 5.32 Å². The number of carbonyl (C=O) groups excluding carboxylic acids is 1. The van der Waals surface area contributed by atoms with Crippen molar-refractivity contribution < 1.29 is 13.2 Å². The van der Waals surface area contributed by atoms with Gasteiger partial charge >= 0.3 is 0 Å². The van der Waals surface area contributed by atoms with E-state index in [9.17, 15) is 13.2 Å². The van der Waals surface area contributed by atoms with Crippen LogP contribution in [0.3, 0.4) is 0 Å². The van der Waals surface area contributed by atoms with Gasteiger partial charge in [0.15, 0.2) is 0 Å². The molecule has 5 nitrogen and oxygen atoms in total. The Balaban J connectivity index is 1.62. The van der Waals surface area contributed by atoms with Crippen LogP contribution in [0.15, 0.2) is 40.6 Å². The van der Waals surface area contributed by atoms with Gasteiger partial charge in [0.1, 0.15) is 4.21 Å². The molecule has 8 heteroatoms. The summed E-state index contributed by atoms with van der Waals surface area (Å²) < 4.78 is 26.9. The fraction of sp³-hybridized carbons (Fsp3) is 0.389. The first kappa shape index (κ1) is 19.4. The summed E-state index contributed by atoms with van der Waals surface area (Å²) >= 11 is 7.15. The molecule has 1 amide bonds. The number of benzene rings is 1. The molecular formula is C18H21ClN2O3S2. The average Bonchev–Trinajstić information content (AvgIpc) is 3.27. The zero-order chi connectivity index (χ0) is 18.7. The van der Waals surface area contributed by atoms with E-state index in [4.69, 9.17) is 11.6 Å². The zero-order valence-corrected chi connectivity index (χ0v) is 16.8. The molecule has 1 atom stereocenters. The minimum Gasteiger partial charge on any atom is -0.349 e. The maximum Gasteiger partial charge on any atom is 0.252 e. The smallest absolute Gasteiger partial charge is 0.252 e. The van der Waals surface area contributed by atoms with E-state index in [-0.39, 0.29) is 18.4 Å². The van der Waals surface area contributed by atoms with Gasteiger partial charge in [-0.1, -0.05) is 23.7 Å². The molecule has 1 saturated heterocycles. The summed E-state index contributed by atoms with van der Waals surface area (Å²) in [6.07, 6.45) is 1.97. The van der Waals surface area contributed by atoms with Crippen LogP contribution in [0.2, 0.25) is 5.02 Å². The molecule has 1 fully saturated rings. The molecule has 0 spiro atoms. The van der Waals surface area contributed by atoms with E-state index in [2.05, 4.69) is 5.32 Å². The molecule has 2 aromatic rings. The van der Waals surface area contributed by atoms with Gasteiger partial charge in [0.25, 0.3) is 10.0 Å². The first-order valence-corrected chi connectivity index (χ1v) is 11.1. The molecule has 1 aromatic heterocycles. The van der Waals surface area contributed by atoms with Crippen LogP contribution in [-0.2, 0) is 21.2 Å². The van der Waals surface area contributed by atoms with E-state index < -0.39 is 10.0 Å². The van der Waals surface area contributed by atoms with Crippen LogP contribution < -0.4 is 5.32 Å². The van der Waals surface area contributed by atoms with Crippen LogP contribution in [-0.4, -0.2) is 31.7 Å². The van der Waals surface area contributed by atoms with E-state index >= 15 is 0 Å². The topological polar surface area (TPSA) is 66.5 Å². The SMILES string of the molecule is CC(NC(=O)Cc1ccc(S(=O)(=O)N2CCCC2)s1)c1cccc(Cl)c1. The number of amides is 1. The maximum absolute atomic E-state index is 12.6. The van der Waals surface area contributed by atoms with Gasteiger partial charge in [-0.15, -0.1) is 11.3 Å². The Morgan fingerprint density at radius 2 is 2.00 bits per heavy atom. The van der Waals surface area contributed by atoms with E-state index in [1.54, 1.807) is 18.2 Å². The van der Waals surface area contributed by atoms with Crippen molar-refractivity contribution in [1.29, 1.82) is 0 Å². The van der Waals surface area contributed by atoms with Gasteiger partial charge in [0.2, 0.25) is 5.91 Å². The number of halogens is 1. The minimum atomic E-state index is -3.42. The average molecular weight is 413 g/mol. The Hall–Kier alpha value is -1.41. The fourth-order valence-electron chi connectivity index (χ4n) is 2.96. The Bertz CT molecular complexity index is 889. The highest BCUT2D eigenvalue weighted by Crippen LogP contribution is 2.27. The summed E-state index contributed by atoms with van der Waals surface area (Å²) in [5.74, 6) is -0.149. The predicted molar refractivity (Wildman–Crippen MR) is 104 cm³/mol. The molecule has 1 N–H and O–H groups in total. The fourth-order valence-corrected chi connectivity index (χ4v) is 6.18. The number of nitrogens with one attached hydrogen (secondary N) is 1. The molecule has 0 aliphatic carbocycles. The van der Waals surface area contributed by atoms with Crippen LogP contribution in [0.25, 0.3) is 0 Å². The molecule has 2 heterocycles. The highest BCUT2D eigenvalue weighted by Gasteiger charge is 2.28.